The summed E-state index contributed by atoms with van der Waals surface area (Å²) in [5.74, 6) is 1.73. The standard InChI is InChI=1S/C10H10Br2O/c11-8-2-1-3-9(10(8)12)13-6-7-4-5-7/h1-3,7H,4-6H2. The van der Waals surface area contributed by atoms with Gasteiger partial charge in [-0.1, -0.05) is 6.07 Å². The van der Waals surface area contributed by atoms with E-state index in [0.717, 1.165) is 27.2 Å². The highest BCUT2D eigenvalue weighted by Gasteiger charge is 2.22. The maximum atomic E-state index is 5.66. The minimum atomic E-state index is 0.797. The van der Waals surface area contributed by atoms with E-state index in [1.807, 2.05) is 18.2 Å². The van der Waals surface area contributed by atoms with Gasteiger partial charge in [-0.05, 0) is 62.8 Å². The molecule has 1 aromatic rings. The molecule has 0 atom stereocenters. The Balaban J connectivity index is 2.05. The molecule has 2 rings (SSSR count). The van der Waals surface area contributed by atoms with Crippen LogP contribution in [0.15, 0.2) is 27.1 Å². The summed E-state index contributed by atoms with van der Waals surface area (Å²) in [5, 5.41) is 0. The summed E-state index contributed by atoms with van der Waals surface area (Å²) in [6.45, 7) is 0.856. The lowest BCUT2D eigenvalue weighted by Crippen LogP contribution is -1.99. The Morgan fingerprint density at radius 1 is 1.31 bits per heavy atom. The highest BCUT2D eigenvalue weighted by Crippen LogP contribution is 2.34. The average Bonchev–Trinajstić information content (AvgIpc) is 2.91. The van der Waals surface area contributed by atoms with Crippen molar-refractivity contribution in [2.24, 2.45) is 5.92 Å². The summed E-state index contributed by atoms with van der Waals surface area (Å²) in [5.41, 5.74) is 0. The van der Waals surface area contributed by atoms with Crippen LogP contribution in [0.25, 0.3) is 0 Å². The van der Waals surface area contributed by atoms with Gasteiger partial charge in [0.2, 0.25) is 0 Å². The molecule has 1 saturated carbocycles. The van der Waals surface area contributed by atoms with E-state index in [1.54, 1.807) is 0 Å². The Morgan fingerprint density at radius 2 is 2.08 bits per heavy atom. The summed E-state index contributed by atoms with van der Waals surface area (Å²) in [6, 6.07) is 5.96. The lowest BCUT2D eigenvalue weighted by molar-refractivity contribution is 0.298. The molecular weight excluding hydrogens is 296 g/mol. The summed E-state index contributed by atoms with van der Waals surface area (Å²) in [4.78, 5) is 0. The molecule has 1 aliphatic rings. The normalized spacial score (nSPS) is 15.8. The van der Waals surface area contributed by atoms with Crippen LogP contribution in [0.3, 0.4) is 0 Å². The second-order valence-corrected chi connectivity index (χ2v) is 4.95. The van der Waals surface area contributed by atoms with E-state index in [4.69, 9.17) is 4.74 Å². The van der Waals surface area contributed by atoms with Gasteiger partial charge in [-0.3, -0.25) is 0 Å². The fourth-order valence-electron chi connectivity index (χ4n) is 1.09. The fourth-order valence-corrected chi connectivity index (χ4v) is 1.81. The van der Waals surface area contributed by atoms with Crippen molar-refractivity contribution in [2.75, 3.05) is 6.61 Å². The largest absolute Gasteiger partial charge is 0.492 e. The predicted octanol–water partition coefficient (Wildman–Crippen LogP) is 4.00. The van der Waals surface area contributed by atoms with Crippen molar-refractivity contribution in [1.82, 2.24) is 0 Å². The fraction of sp³-hybridized carbons (Fsp3) is 0.400. The molecule has 0 amide bonds. The van der Waals surface area contributed by atoms with E-state index in [-0.39, 0.29) is 0 Å². The summed E-state index contributed by atoms with van der Waals surface area (Å²) >= 11 is 6.92. The first kappa shape index (κ1) is 9.53. The number of halogens is 2. The van der Waals surface area contributed by atoms with Gasteiger partial charge in [0, 0.05) is 4.47 Å². The number of hydrogen-bond donors (Lipinski definition) is 0. The van der Waals surface area contributed by atoms with Crippen LogP contribution < -0.4 is 4.74 Å². The molecule has 1 nitrogen and oxygen atoms in total. The molecule has 1 aliphatic carbocycles. The lowest BCUT2D eigenvalue weighted by Gasteiger charge is -2.07. The molecule has 0 heterocycles. The smallest absolute Gasteiger partial charge is 0.134 e. The minimum Gasteiger partial charge on any atom is -0.492 e. The predicted molar refractivity (Wildman–Crippen MR) is 60.1 cm³/mol. The van der Waals surface area contributed by atoms with E-state index >= 15 is 0 Å². The van der Waals surface area contributed by atoms with Crippen molar-refractivity contribution in [2.45, 2.75) is 12.8 Å². The molecule has 0 aromatic heterocycles. The zero-order valence-electron chi connectivity index (χ0n) is 7.09. The van der Waals surface area contributed by atoms with E-state index in [2.05, 4.69) is 31.9 Å². The van der Waals surface area contributed by atoms with E-state index in [0.29, 0.717) is 0 Å². The van der Waals surface area contributed by atoms with Crippen LogP contribution in [0.2, 0.25) is 0 Å². The quantitative estimate of drug-likeness (QED) is 0.820. The van der Waals surface area contributed by atoms with Gasteiger partial charge in [-0.2, -0.15) is 0 Å². The Kier molecular flexibility index (Phi) is 2.94. The van der Waals surface area contributed by atoms with Crippen molar-refractivity contribution < 1.29 is 4.74 Å². The molecule has 0 N–H and O–H groups in total. The summed E-state index contributed by atoms with van der Waals surface area (Å²) < 4.78 is 7.72. The van der Waals surface area contributed by atoms with Crippen LogP contribution in [0.4, 0.5) is 0 Å². The molecule has 0 bridgehead atoms. The zero-order chi connectivity index (χ0) is 9.26. The maximum absolute atomic E-state index is 5.66. The molecule has 1 fully saturated rings. The van der Waals surface area contributed by atoms with Gasteiger partial charge in [0.05, 0.1) is 11.1 Å². The van der Waals surface area contributed by atoms with Crippen LogP contribution in [-0.4, -0.2) is 6.61 Å². The Labute approximate surface area is 94.7 Å². The monoisotopic (exact) mass is 304 g/mol. The van der Waals surface area contributed by atoms with Crippen molar-refractivity contribution >= 4 is 31.9 Å². The lowest BCUT2D eigenvalue weighted by atomic mass is 10.3. The van der Waals surface area contributed by atoms with Gasteiger partial charge >= 0.3 is 0 Å². The molecule has 0 radical (unpaired) electrons. The first-order chi connectivity index (χ1) is 6.27. The zero-order valence-corrected chi connectivity index (χ0v) is 10.3. The molecule has 3 heteroatoms. The molecule has 0 unspecified atom stereocenters. The molecule has 13 heavy (non-hydrogen) atoms. The molecular formula is C10H10Br2O. The van der Waals surface area contributed by atoms with E-state index in [9.17, 15) is 0 Å². The number of benzene rings is 1. The summed E-state index contributed by atoms with van der Waals surface area (Å²) in [6.07, 6.45) is 2.65. The minimum absolute atomic E-state index is 0.797. The summed E-state index contributed by atoms with van der Waals surface area (Å²) in [7, 11) is 0. The van der Waals surface area contributed by atoms with E-state index < -0.39 is 0 Å². The van der Waals surface area contributed by atoms with Gasteiger partial charge in [0.15, 0.2) is 0 Å². The Hall–Kier alpha value is -0.0200. The van der Waals surface area contributed by atoms with Gasteiger partial charge in [0.25, 0.3) is 0 Å². The second-order valence-electron chi connectivity index (χ2n) is 3.31. The topological polar surface area (TPSA) is 9.23 Å². The highest BCUT2D eigenvalue weighted by atomic mass is 79.9. The third-order valence-corrected chi connectivity index (χ3v) is 4.10. The van der Waals surface area contributed by atoms with E-state index in [1.165, 1.54) is 12.8 Å². The highest BCUT2D eigenvalue weighted by molar-refractivity contribution is 9.13. The van der Waals surface area contributed by atoms with Crippen LogP contribution in [0.1, 0.15) is 12.8 Å². The van der Waals surface area contributed by atoms with Gasteiger partial charge in [-0.25, -0.2) is 0 Å². The number of ether oxygens (including phenoxy) is 1. The van der Waals surface area contributed by atoms with Gasteiger partial charge < -0.3 is 4.74 Å². The third kappa shape index (κ3) is 2.47. The van der Waals surface area contributed by atoms with Crippen LogP contribution in [0.5, 0.6) is 5.75 Å². The Morgan fingerprint density at radius 3 is 2.77 bits per heavy atom. The molecule has 70 valence electrons. The van der Waals surface area contributed by atoms with Crippen LogP contribution in [0, 0.1) is 5.92 Å². The van der Waals surface area contributed by atoms with Crippen molar-refractivity contribution in [3.63, 3.8) is 0 Å². The maximum Gasteiger partial charge on any atom is 0.134 e. The van der Waals surface area contributed by atoms with Crippen LogP contribution >= 0.6 is 31.9 Å². The molecule has 0 saturated heterocycles. The molecule has 0 spiro atoms. The first-order valence-corrected chi connectivity index (χ1v) is 5.93. The van der Waals surface area contributed by atoms with Crippen molar-refractivity contribution in [3.05, 3.63) is 27.1 Å². The van der Waals surface area contributed by atoms with Gasteiger partial charge in [0.1, 0.15) is 5.75 Å². The van der Waals surface area contributed by atoms with Crippen LogP contribution in [-0.2, 0) is 0 Å². The molecule has 0 aliphatic heterocycles. The number of hydrogen-bond acceptors (Lipinski definition) is 1. The van der Waals surface area contributed by atoms with Crippen molar-refractivity contribution in [1.29, 1.82) is 0 Å². The molecule has 1 aromatic carbocycles. The first-order valence-electron chi connectivity index (χ1n) is 4.34. The number of rotatable bonds is 3. The SMILES string of the molecule is Brc1cccc(OCC2CC2)c1Br. The van der Waals surface area contributed by atoms with Gasteiger partial charge in [-0.15, -0.1) is 0 Å². The second kappa shape index (κ2) is 4.01. The third-order valence-electron chi connectivity index (χ3n) is 2.09. The van der Waals surface area contributed by atoms with Crippen molar-refractivity contribution in [3.8, 4) is 5.75 Å². The average molecular weight is 306 g/mol. The Bertz CT molecular complexity index is 308.